The number of rotatable bonds is 10. The molecule has 0 radical (unpaired) electrons. The fraction of sp³-hybridized carbons (Fsp3) is 0.286. The van der Waals surface area contributed by atoms with Crippen LogP contribution in [0.2, 0.25) is 5.02 Å². The van der Waals surface area contributed by atoms with Crippen molar-refractivity contribution >= 4 is 39.2 Å². The van der Waals surface area contributed by atoms with Gasteiger partial charge < -0.3 is 10.1 Å². The second-order valence-corrected chi connectivity index (χ2v) is 11.6. The largest absolute Gasteiger partial charge is 0.465 e. The number of nitrogens with one attached hydrogen (secondary N) is 1. The molecule has 1 aliphatic carbocycles. The molecule has 0 aliphatic heterocycles. The lowest BCUT2D eigenvalue weighted by Gasteiger charge is -2.23. The van der Waals surface area contributed by atoms with E-state index >= 15 is 0 Å². The number of carbonyl (C=O) groups excluding carboxylic acids is 2. The van der Waals surface area contributed by atoms with E-state index in [2.05, 4.69) is 5.32 Å². The summed E-state index contributed by atoms with van der Waals surface area (Å²) in [5, 5.41) is 2.74. The number of carbonyl (C=O) groups is 2. The van der Waals surface area contributed by atoms with Gasteiger partial charge in [0.05, 0.1) is 23.5 Å². The van der Waals surface area contributed by atoms with Crippen molar-refractivity contribution in [1.82, 2.24) is 4.31 Å². The van der Waals surface area contributed by atoms with Gasteiger partial charge in [-0.05, 0) is 68.7 Å². The number of hydrogen-bond acceptors (Lipinski definition) is 5. The first-order valence-electron chi connectivity index (χ1n) is 12.1. The summed E-state index contributed by atoms with van der Waals surface area (Å²) in [6.45, 7) is 2.87. The van der Waals surface area contributed by atoms with E-state index < -0.39 is 40.3 Å². The molecule has 1 N–H and O–H groups in total. The minimum absolute atomic E-state index is 0.0265. The molecule has 0 heterocycles. The Morgan fingerprint density at radius 2 is 1.71 bits per heavy atom. The second kappa shape index (κ2) is 11.2. The van der Waals surface area contributed by atoms with Gasteiger partial charge in [-0.1, -0.05) is 47.5 Å². The van der Waals surface area contributed by atoms with E-state index in [9.17, 15) is 22.4 Å². The Morgan fingerprint density at radius 3 is 2.29 bits per heavy atom. The summed E-state index contributed by atoms with van der Waals surface area (Å²) in [5.74, 6) is -1.55. The lowest BCUT2D eigenvalue weighted by atomic mass is 9.96. The molecule has 0 spiro atoms. The monoisotopic (exact) mass is 558 g/mol. The van der Waals surface area contributed by atoms with Gasteiger partial charge >= 0.3 is 5.97 Å². The number of ether oxygens (including phenoxy) is 1. The topological polar surface area (TPSA) is 92.8 Å². The lowest BCUT2D eigenvalue weighted by Crippen LogP contribution is -2.38. The van der Waals surface area contributed by atoms with Crippen LogP contribution < -0.4 is 5.32 Å². The first-order chi connectivity index (χ1) is 18.1. The molecule has 0 aromatic heterocycles. The summed E-state index contributed by atoms with van der Waals surface area (Å²) in [7, 11) is -4.17. The molecule has 10 heteroatoms. The third-order valence-electron chi connectivity index (χ3n) is 6.51. The summed E-state index contributed by atoms with van der Waals surface area (Å²) in [6.07, 6.45) is 1.39. The Hall–Kier alpha value is -3.27. The summed E-state index contributed by atoms with van der Waals surface area (Å²) >= 11 is 6.16. The molecule has 3 aromatic rings. The van der Waals surface area contributed by atoms with Crippen LogP contribution in [0.3, 0.4) is 0 Å². The highest BCUT2D eigenvalue weighted by atomic mass is 35.5. The quantitative estimate of drug-likeness (QED) is 0.345. The minimum Gasteiger partial charge on any atom is -0.465 e. The molecule has 0 saturated heterocycles. The second-order valence-electron chi connectivity index (χ2n) is 9.21. The lowest BCUT2D eigenvalue weighted by molar-refractivity contribution is -0.146. The Morgan fingerprint density at radius 1 is 1.05 bits per heavy atom. The number of hydrogen-bond donors (Lipinski definition) is 1. The third kappa shape index (κ3) is 5.90. The average molecular weight is 559 g/mol. The number of benzene rings is 3. The molecule has 4 rings (SSSR count). The van der Waals surface area contributed by atoms with Crippen LogP contribution in [0.5, 0.6) is 0 Å². The molecule has 0 bridgehead atoms. The Balaban J connectivity index is 1.55. The van der Waals surface area contributed by atoms with Crippen LogP contribution in [-0.4, -0.2) is 37.8 Å². The van der Waals surface area contributed by atoms with Gasteiger partial charge in [0, 0.05) is 22.8 Å². The predicted molar refractivity (Wildman–Crippen MR) is 143 cm³/mol. The smallest absolute Gasteiger partial charge is 0.316 e. The zero-order valence-corrected chi connectivity index (χ0v) is 22.6. The standard InChI is InChI=1S/C28H28ClFN2O5S/c1-3-37-27(34)28(15-16-28)20-9-11-21(12-10-20)31-26(33)18-32(17-23-24(29)5-4-6-25(23)30)38(35,36)22-13-7-19(2)8-14-22/h4-14H,3,15-18H2,1-2H3,(H,31,33). The highest BCUT2D eigenvalue weighted by Gasteiger charge is 2.52. The van der Waals surface area contributed by atoms with Gasteiger partial charge in [0.2, 0.25) is 15.9 Å². The van der Waals surface area contributed by atoms with Crippen LogP contribution in [-0.2, 0) is 36.3 Å². The normalized spacial score (nSPS) is 14.2. The van der Waals surface area contributed by atoms with Crippen molar-refractivity contribution in [3.63, 3.8) is 0 Å². The number of halogens is 2. The van der Waals surface area contributed by atoms with E-state index in [4.69, 9.17) is 16.3 Å². The number of amides is 1. The van der Waals surface area contributed by atoms with Crippen molar-refractivity contribution in [2.75, 3.05) is 18.5 Å². The Kier molecular flexibility index (Phi) is 8.20. The van der Waals surface area contributed by atoms with Gasteiger partial charge in [0.1, 0.15) is 5.82 Å². The maximum atomic E-state index is 14.5. The number of sulfonamides is 1. The Bertz CT molecular complexity index is 1420. The number of nitrogens with zero attached hydrogens (tertiary/aromatic N) is 1. The van der Waals surface area contributed by atoms with Crippen LogP contribution in [0, 0.1) is 12.7 Å². The van der Waals surface area contributed by atoms with Crippen molar-refractivity contribution in [2.24, 2.45) is 0 Å². The van der Waals surface area contributed by atoms with Gasteiger partial charge in [-0.3, -0.25) is 9.59 Å². The van der Waals surface area contributed by atoms with Crippen molar-refractivity contribution in [1.29, 1.82) is 0 Å². The van der Waals surface area contributed by atoms with Crippen molar-refractivity contribution in [3.05, 3.63) is 94.3 Å². The molecular weight excluding hydrogens is 531 g/mol. The predicted octanol–water partition coefficient (Wildman–Crippen LogP) is 5.21. The van der Waals surface area contributed by atoms with Crippen molar-refractivity contribution in [2.45, 2.75) is 43.5 Å². The van der Waals surface area contributed by atoms with Gasteiger partial charge in [0.15, 0.2) is 0 Å². The average Bonchev–Trinajstić information content (AvgIpc) is 3.69. The van der Waals surface area contributed by atoms with E-state index in [0.29, 0.717) is 25.1 Å². The molecule has 1 saturated carbocycles. The van der Waals surface area contributed by atoms with Crippen LogP contribution in [0.15, 0.2) is 71.6 Å². The van der Waals surface area contributed by atoms with Gasteiger partial charge in [-0.25, -0.2) is 12.8 Å². The Labute approximate surface area is 226 Å². The fourth-order valence-corrected chi connectivity index (χ4v) is 5.77. The molecular formula is C28H28ClFN2O5S. The molecule has 0 unspecified atom stereocenters. The van der Waals surface area contributed by atoms with Crippen LogP contribution in [0.4, 0.5) is 10.1 Å². The maximum absolute atomic E-state index is 14.5. The molecule has 7 nitrogen and oxygen atoms in total. The van der Waals surface area contributed by atoms with Gasteiger partial charge in [0.25, 0.3) is 0 Å². The maximum Gasteiger partial charge on any atom is 0.316 e. The number of esters is 1. The molecule has 1 amide bonds. The van der Waals surface area contributed by atoms with Crippen LogP contribution in [0.1, 0.15) is 36.5 Å². The summed E-state index contributed by atoms with van der Waals surface area (Å²) in [6, 6.07) is 17.0. The van der Waals surface area contributed by atoms with Gasteiger partial charge in [-0.2, -0.15) is 4.31 Å². The van der Waals surface area contributed by atoms with E-state index in [0.717, 1.165) is 15.4 Å². The molecule has 1 fully saturated rings. The molecule has 3 aromatic carbocycles. The summed E-state index contributed by atoms with van der Waals surface area (Å²) in [5.41, 5.74) is 1.42. The SMILES string of the molecule is CCOC(=O)C1(c2ccc(NC(=O)CN(Cc3c(F)cccc3Cl)S(=O)(=O)c3ccc(C)cc3)cc2)CC1. The number of aryl methyl sites for hydroxylation is 1. The van der Waals surface area contributed by atoms with Crippen LogP contribution in [0.25, 0.3) is 0 Å². The third-order valence-corrected chi connectivity index (χ3v) is 8.67. The molecule has 38 heavy (non-hydrogen) atoms. The van der Waals surface area contributed by atoms with Crippen LogP contribution >= 0.6 is 11.6 Å². The summed E-state index contributed by atoms with van der Waals surface area (Å²) in [4.78, 5) is 25.3. The molecule has 0 atom stereocenters. The van der Waals surface area contributed by atoms with E-state index in [1.54, 1.807) is 43.3 Å². The highest BCUT2D eigenvalue weighted by molar-refractivity contribution is 7.89. The summed E-state index contributed by atoms with van der Waals surface area (Å²) < 4.78 is 47.6. The first kappa shape index (κ1) is 27.8. The minimum atomic E-state index is -4.17. The van der Waals surface area contributed by atoms with Crippen molar-refractivity contribution in [3.8, 4) is 0 Å². The van der Waals surface area contributed by atoms with Crippen molar-refractivity contribution < 1.29 is 27.1 Å². The zero-order valence-electron chi connectivity index (χ0n) is 21.0. The van der Waals surface area contributed by atoms with E-state index in [-0.39, 0.29) is 21.5 Å². The molecule has 1 aliphatic rings. The van der Waals surface area contributed by atoms with Gasteiger partial charge in [-0.15, -0.1) is 0 Å². The molecule has 200 valence electrons. The zero-order chi connectivity index (χ0) is 27.5. The number of anilines is 1. The van der Waals surface area contributed by atoms with E-state index in [1.807, 2.05) is 6.92 Å². The first-order valence-corrected chi connectivity index (χ1v) is 14.0. The highest BCUT2D eigenvalue weighted by Crippen LogP contribution is 2.49. The fourth-order valence-electron chi connectivity index (χ4n) is 4.18. The van der Waals surface area contributed by atoms with E-state index in [1.165, 1.54) is 30.3 Å².